The van der Waals surface area contributed by atoms with Crippen LogP contribution in [0.3, 0.4) is 0 Å². The Bertz CT molecular complexity index is 1470. The summed E-state index contributed by atoms with van der Waals surface area (Å²) < 4.78 is 48.3. The third-order valence-electron chi connectivity index (χ3n) is 7.76. The van der Waals surface area contributed by atoms with Crippen molar-refractivity contribution in [2.24, 2.45) is 0 Å². The first-order valence-corrected chi connectivity index (χ1v) is 13.2. The van der Waals surface area contributed by atoms with Crippen LogP contribution in [0.25, 0.3) is 16.6 Å². The molecule has 0 saturated carbocycles. The maximum Gasteiger partial charge on any atom is 0.419 e. The highest BCUT2D eigenvalue weighted by Gasteiger charge is 2.38. The zero-order chi connectivity index (χ0) is 27.5. The van der Waals surface area contributed by atoms with Crippen LogP contribution >= 0.6 is 11.6 Å². The van der Waals surface area contributed by atoms with Gasteiger partial charge in [-0.05, 0) is 45.3 Å². The van der Waals surface area contributed by atoms with E-state index in [1.54, 1.807) is 0 Å². The van der Waals surface area contributed by atoms with E-state index in [4.69, 9.17) is 16.3 Å². The molecule has 10 nitrogen and oxygen atoms in total. The van der Waals surface area contributed by atoms with Crippen molar-refractivity contribution in [2.75, 3.05) is 38.2 Å². The second-order valence-corrected chi connectivity index (χ2v) is 10.8. The molecular formula is C25H27ClF3N7O3. The maximum atomic E-state index is 13.9. The van der Waals surface area contributed by atoms with E-state index < -0.39 is 33.8 Å². The number of anilines is 1. The quantitative estimate of drug-likeness (QED) is 0.483. The molecule has 3 saturated heterocycles. The number of nitrogens with zero attached hydrogens (tertiary/aromatic N) is 6. The highest BCUT2D eigenvalue weighted by molar-refractivity contribution is 6.31. The molecule has 0 aliphatic carbocycles. The van der Waals surface area contributed by atoms with Crippen molar-refractivity contribution in [3.63, 3.8) is 0 Å². The fourth-order valence-corrected chi connectivity index (χ4v) is 6.14. The summed E-state index contributed by atoms with van der Waals surface area (Å²) in [5.41, 5.74) is -3.04. The number of fused-ring (bicyclic) bond motifs is 3. The lowest BCUT2D eigenvalue weighted by Crippen LogP contribution is -2.51. The average Bonchev–Trinajstić information content (AvgIpc) is 3.44. The summed E-state index contributed by atoms with van der Waals surface area (Å²) in [4.78, 5) is 26.9. The summed E-state index contributed by atoms with van der Waals surface area (Å²) in [6, 6.07) is 2.25. The lowest BCUT2D eigenvalue weighted by atomic mass is 10.1. The number of piperazine rings is 1. The minimum atomic E-state index is -4.91. The van der Waals surface area contributed by atoms with E-state index in [1.807, 2.05) is 7.05 Å². The van der Waals surface area contributed by atoms with Gasteiger partial charge in [-0.25, -0.2) is 0 Å². The molecule has 3 aliphatic rings. The smallest absolute Gasteiger partial charge is 0.419 e. The van der Waals surface area contributed by atoms with Crippen molar-refractivity contribution in [2.45, 2.75) is 50.0 Å². The monoisotopic (exact) mass is 565 g/mol. The third-order valence-corrected chi connectivity index (χ3v) is 8.06. The van der Waals surface area contributed by atoms with Gasteiger partial charge in [-0.1, -0.05) is 11.6 Å². The van der Waals surface area contributed by atoms with Gasteiger partial charge in [0.2, 0.25) is 0 Å². The Labute approximate surface area is 226 Å². The van der Waals surface area contributed by atoms with Crippen molar-refractivity contribution in [1.29, 1.82) is 0 Å². The first-order valence-electron chi connectivity index (χ1n) is 12.8. The van der Waals surface area contributed by atoms with Crippen LogP contribution in [0, 0.1) is 0 Å². The second kappa shape index (κ2) is 9.79. The summed E-state index contributed by atoms with van der Waals surface area (Å²) in [6.45, 7) is 2.56. The Balaban J connectivity index is 1.49. The van der Waals surface area contributed by atoms with Gasteiger partial charge < -0.3 is 25.0 Å². The SMILES string of the molecule is CN1CCC[C@H]1COc1nc(N2C[C@H]3CC[C@@H](C2)N3)c2cnn(-c3cc(O)cc(Cl)c3C(F)(F)F)c(=O)c2n1. The Morgan fingerprint density at radius 3 is 2.59 bits per heavy atom. The zero-order valence-electron chi connectivity index (χ0n) is 21.1. The van der Waals surface area contributed by atoms with Crippen LogP contribution in [0.1, 0.15) is 31.2 Å². The largest absolute Gasteiger partial charge is 0.508 e. The Kier molecular flexibility index (Phi) is 6.55. The molecule has 6 rings (SSSR count). The highest BCUT2D eigenvalue weighted by atomic mass is 35.5. The van der Waals surface area contributed by atoms with Gasteiger partial charge in [-0.2, -0.15) is 32.9 Å². The predicted molar refractivity (Wildman–Crippen MR) is 138 cm³/mol. The fraction of sp³-hybridized carbons (Fsp3) is 0.520. The molecule has 2 N–H and O–H groups in total. The number of alkyl halides is 3. The second-order valence-electron chi connectivity index (χ2n) is 10.4. The van der Waals surface area contributed by atoms with Gasteiger partial charge in [-0.15, -0.1) is 0 Å². The number of aromatic nitrogens is 4. The van der Waals surface area contributed by atoms with Crippen LogP contribution in [0.5, 0.6) is 11.8 Å². The molecule has 2 bridgehead atoms. The lowest BCUT2D eigenvalue weighted by Gasteiger charge is -2.34. The molecule has 39 heavy (non-hydrogen) atoms. The van der Waals surface area contributed by atoms with Crippen molar-refractivity contribution < 1.29 is 23.0 Å². The molecule has 3 aromatic rings. The maximum absolute atomic E-state index is 13.9. The van der Waals surface area contributed by atoms with E-state index >= 15 is 0 Å². The van der Waals surface area contributed by atoms with Gasteiger partial charge in [-0.3, -0.25) is 4.79 Å². The molecule has 0 spiro atoms. The number of halogens is 4. The molecule has 1 aromatic carbocycles. The van der Waals surface area contributed by atoms with E-state index in [0.29, 0.717) is 35.6 Å². The number of aromatic hydroxyl groups is 1. The van der Waals surface area contributed by atoms with Crippen LogP contribution in [-0.4, -0.2) is 81.2 Å². The van der Waals surface area contributed by atoms with Gasteiger partial charge in [0.1, 0.15) is 29.3 Å². The predicted octanol–water partition coefficient (Wildman–Crippen LogP) is 2.97. The number of nitrogens with one attached hydrogen (secondary N) is 1. The van der Waals surface area contributed by atoms with Gasteiger partial charge in [0, 0.05) is 37.3 Å². The van der Waals surface area contributed by atoms with Crippen LogP contribution in [0.4, 0.5) is 19.0 Å². The summed E-state index contributed by atoms with van der Waals surface area (Å²) in [5, 5.41) is 17.2. The number of hydrogen-bond acceptors (Lipinski definition) is 9. The van der Waals surface area contributed by atoms with E-state index in [1.165, 1.54) is 6.20 Å². The first kappa shape index (κ1) is 26.1. The van der Waals surface area contributed by atoms with Crippen LogP contribution in [0.2, 0.25) is 5.02 Å². The van der Waals surface area contributed by atoms with Crippen LogP contribution in [-0.2, 0) is 6.18 Å². The topological polar surface area (TPSA) is 109 Å². The molecule has 0 unspecified atom stereocenters. The summed E-state index contributed by atoms with van der Waals surface area (Å²) >= 11 is 5.85. The normalized spacial score (nSPS) is 23.6. The van der Waals surface area contributed by atoms with E-state index in [9.17, 15) is 23.1 Å². The fourth-order valence-electron chi connectivity index (χ4n) is 5.82. The number of ether oxygens (including phenoxy) is 1. The molecule has 0 radical (unpaired) electrons. The highest BCUT2D eigenvalue weighted by Crippen LogP contribution is 2.40. The van der Waals surface area contributed by atoms with Crippen LogP contribution < -0.4 is 20.5 Å². The Hall–Kier alpha value is -3.16. The standard InChI is InChI=1S/C25H27ClF3N7O3/c1-34-6-2-3-15(34)12-39-24-32-21-17(22(33-24)35-10-13-4-5-14(11-35)31-13)9-30-36(23(21)38)19-8-16(37)7-18(26)20(19)25(27,28)29/h7-9,13-15,31,37H,2-6,10-12H2,1H3/t13-,14+,15-/m0/s1. The van der Waals surface area contributed by atoms with Gasteiger partial charge in [0.05, 0.1) is 22.3 Å². The summed E-state index contributed by atoms with van der Waals surface area (Å²) in [6.07, 6.45) is 0.406. The lowest BCUT2D eigenvalue weighted by molar-refractivity contribution is -0.137. The summed E-state index contributed by atoms with van der Waals surface area (Å²) in [5.74, 6) is -0.0870. The van der Waals surface area contributed by atoms with E-state index in [2.05, 4.69) is 30.2 Å². The molecule has 5 heterocycles. The van der Waals surface area contributed by atoms with Crippen molar-refractivity contribution in [1.82, 2.24) is 30.0 Å². The minimum absolute atomic E-state index is 0.0245. The third kappa shape index (κ3) is 4.87. The molecule has 14 heteroatoms. The number of rotatable bonds is 5. The zero-order valence-corrected chi connectivity index (χ0v) is 21.8. The molecule has 3 aliphatic heterocycles. The number of benzene rings is 1. The number of likely N-dealkylation sites (tertiary alicyclic amines) is 1. The van der Waals surface area contributed by atoms with Crippen molar-refractivity contribution in [3.8, 4) is 17.4 Å². The number of likely N-dealkylation sites (N-methyl/N-ethyl adjacent to an activating group) is 1. The first-order chi connectivity index (χ1) is 18.6. The number of hydrogen-bond donors (Lipinski definition) is 2. The molecule has 2 aromatic heterocycles. The number of phenolic OH excluding ortho intramolecular Hbond substituents is 1. The molecule has 0 amide bonds. The van der Waals surface area contributed by atoms with E-state index in [0.717, 1.165) is 44.4 Å². The van der Waals surface area contributed by atoms with Crippen LogP contribution in [0.15, 0.2) is 23.1 Å². The van der Waals surface area contributed by atoms with Crippen molar-refractivity contribution in [3.05, 3.63) is 39.3 Å². The molecule has 3 atom stereocenters. The molecule has 3 fully saturated rings. The van der Waals surface area contributed by atoms with Gasteiger partial charge in [0.15, 0.2) is 0 Å². The van der Waals surface area contributed by atoms with Crippen molar-refractivity contribution >= 4 is 28.3 Å². The van der Waals surface area contributed by atoms with Gasteiger partial charge in [0.25, 0.3) is 5.56 Å². The minimum Gasteiger partial charge on any atom is -0.508 e. The van der Waals surface area contributed by atoms with Gasteiger partial charge >= 0.3 is 12.2 Å². The summed E-state index contributed by atoms with van der Waals surface area (Å²) in [7, 11) is 2.01. The van der Waals surface area contributed by atoms with E-state index in [-0.39, 0.29) is 29.7 Å². The average molecular weight is 566 g/mol. The number of phenols is 1. The molecule has 208 valence electrons. The Morgan fingerprint density at radius 2 is 1.92 bits per heavy atom. The molecular weight excluding hydrogens is 539 g/mol. The Morgan fingerprint density at radius 1 is 1.18 bits per heavy atom.